The Bertz CT molecular complexity index is 986. The molecule has 0 saturated carbocycles. The van der Waals surface area contributed by atoms with Crippen LogP contribution in [0.1, 0.15) is 4.88 Å². The van der Waals surface area contributed by atoms with Gasteiger partial charge in [0.1, 0.15) is 0 Å². The van der Waals surface area contributed by atoms with E-state index in [1.54, 1.807) is 0 Å². The Morgan fingerprint density at radius 3 is 2.59 bits per heavy atom. The monoisotopic (exact) mass is 308 g/mol. The van der Waals surface area contributed by atoms with Gasteiger partial charge in [0.25, 0.3) is 0 Å². The summed E-state index contributed by atoms with van der Waals surface area (Å²) in [5.41, 5.74) is 3.86. The summed E-state index contributed by atoms with van der Waals surface area (Å²) < 4.78 is 2.06. The van der Waals surface area contributed by atoms with E-state index in [0.29, 0.717) is 0 Å². The summed E-state index contributed by atoms with van der Waals surface area (Å²) in [5.74, 6) is -0.828. The van der Waals surface area contributed by atoms with Crippen LogP contribution in [0.3, 0.4) is 0 Å². The lowest BCUT2D eigenvalue weighted by molar-refractivity contribution is -0.136. The van der Waals surface area contributed by atoms with Crippen molar-refractivity contribution in [3.05, 3.63) is 59.5 Å². The van der Waals surface area contributed by atoms with E-state index < -0.39 is 5.97 Å². The van der Waals surface area contributed by atoms with E-state index in [9.17, 15) is 9.90 Å². The standard InChI is InChI=1S/C17H12N2O2S/c20-15(21)10-14-16(11-6-2-1-3-7-11)19-13-9-5-4-8-12(13)18-17(19)22-14/h1-9H,10H2,(H,20,21). The fraction of sp³-hybridized carbons (Fsp3) is 0.0588. The zero-order chi connectivity index (χ0) is 15.1. The average Bonchev–Trinajstić information content (AvgIpc) is 3.02. The highest BCUT2D eigenvalue weighted by atomic mass is 32.1. The van der Waals surface area contributed by atoms with Crippen LogP contribution in [0.4, 0.5) is 0 Å². The fourth-order valence-corrected chi connectivity index (χ4v) is 3.86. The molecule has 1 N–H and O–H groups in total. The van der Waals surface area contributed by atoms with E-state index in [1.165, 1.54) is 11.3 Å². The van der Waals surface area contributed by atoms with Crippen molar-refractivity contribution < 1.29 is 9.90 Å². The van der Waals surface area contributed by atoms with Crippen LogP contribution >= 0.6 is 11.3 Å². The highest BCUT2D eigenvalue weighted by Crippen LogP contribution is 2.35. The summed E-state index contributed by atoms with van der Waals surface area (Å²) in [6.45, 7) is 0. The molecule has 22 heavy (non-hydrogen) atoms. The zero-order valence-corrected chi connectivity index (χ0v) is 12.4. The second-order valence-electron chi connectivity index (χ2n) is 5.03. The molecule has 4 aromatic rings. The normalized spacial score (nSPS) is 11.3. The number of nitrogens with zero attached hydrogens (tertiary/aromatic N) is 2. The SMILES string of the molecule is O=C(O)Cc1sc2nc3ccccc3n2c1-c1ccccc1. The van der Waals surface area contributed by atoms with E-state index >= 15 is 0 Å². The molecule has 2 aromatic heterocycles. The van der Waals surface area contributed by atoms with Crippen LogP contribution in [0, 0.1) is 0 Å². The van der Waals surface area contributed by atoms with Gasteiger partial charge < -0.3 is 5.11 Å². The number of fused-ring (bicyclic) bond motifs is 3. The number of hydrogen-bond acceptors (Lipinski definition) is 3. The molecule has 0 unspecified atom stereocenters. The van der Waals surface area contributed by atoms with Gasteiger partial charge in [0.15, 0.2) is 4.96 Å². The number of carboxylic acid groups (broad SMARTS) is 1. The summed E-state index contributed by atoms with van der Waals surface area (Å²) >= 11 is 1.44. The lowest BCUT2D eigenvalue weighted by atomic mass is 10.1. The second-order valence-corrected chi connectivity index (χ2v) is 6.09. The molecule has 0 atom stereocenters. The van der Waals surface area contributed by atoms with E-state index in [0.717, 1.165) is 32.1 Å². The van der Waals surface area contributed by atoms with E-state index in [-0.39, 0.29) is 6.42 Å². The first-order chi connectivity index (χ1) is 10.7. The van der Waals surface area contributed by atoms with Gasteiger partial charge in [-0.1, -0.05) is 42.5 Å². The Morgan fingerprint density at radius 1 is 1.09 bits per heavy atom. The molecule has 2 heterocycles. The molecular weight excluding hydrogens is 296 g/mol. The van der Waals surface area contributed by atoms with Gasteiger partial charge in [-0.05, 0) is 17.7 Å². The Hall–Kier alpha value is -2.66. The maximum absolute atomic E-state index is 11.2. The number of hydrogen-bond donors (Lipinski definition) is 1. The van der Waals surface area contributed by atoms with Crippen molar-refractivity contribution in [3.63, 3.8) is 0 Å². The molecule has 4 rings (SSSR count). The highest BCUT2D eigenvalue weighted by Gasteiger charge is 2.19. The zero-order valence-electron chi connectivity index (χ0n) is 11.6. The quantitative estimate of drug-likeness (QED) is 0.625. The number of para-hydroxylation sites is 2. The predicted molar refractivity (Wildman–Crippen MR) is 87.4 cm³/mol. The molecule has 0 bridgehead atoms. The van der Waals surface area contributed by atoms with Crippen molar-refractivity contribution in [1.29, 1.82) is 0 Å². The molecule has 4 nitrogen and oxygen atoms in total. The van der Waals surface area contributed by atoms with Crippen molar-refractivity contribution in [1.82, 2.24) is 9.38 Å². The first kappa shape index (κ1) is 13.0. The molecule has 0 aliphatic rings. The first-order valence-electron chi connectivity index (χ1n) is 6.90. The number of imidazole rings is 1. The molecule has 0 fully saturated rings. The van der Waals surface area contributed by atoms with Crippen molar-refractivity contribution in [2.45, 2.75) is 6.42 Å². The van der Waals surface area contributed by atoms with Crippen molar-refractivity contribution >= 4 is 33.3 Å². The van der Waals surface area contributed by atoms with Crippen LogP contribution in [0.15, 0.2) is 54.6 Å². The summed E-state index contributed by atoms with van der Waals surface area (Å²) in [6.07, 6.45) is 0.00653. The molecule has 108 valence electrons. The summed E-state index contributed by atoms with van der Waals surface area (Å²) in [5, 5.41) is 9.19. The summed E-state index contributed by atoms with van der Waals surface area (Å²) in [7, 11) is 0. The number of thiazole rings is 1. The predicted octanol–water partition coefficient (Wildman–Crippen LogP) is 3.84. The van der Waals surface area contributed by atoms with Crippen LogP contribution in [-0.4, -0.2) is 20.5 Å². The Kier molecular flexibility index (Phi) is 2.94. The van der Waals surface area contributed by atoms with Crippen molar-refractivity contribution in [2.75, 3.05) is 0 Å². The van der Waals surface area contributed by atoms with Gasteiger partial charge in [0.05, 0.1) is 23.1 Å². The fourth-order valence-electron chi connectivity index (χ4n) is 2.71. The minimum atomic E-state index is -0.828. The van der Waals surface area contributed by atoms with Gasteiger partial charge in [0.2, 0.25) is 0 Å². The number of aliphatic carboxylic acids is 1. The third kappa shape index (κ3) is 1.98. The maximum Gasteiger partial charge on any atom is 0.308 e. The second kappa shape index (κ2) is 4.96. The van der Waals surface area contributed by atoms with Gasteiger partial charge in [0, 0.05) is 4.88 Å². The number of benzene rings is 2. The molecule has 0 aliphatic heterocycles. The summed E-state index contributed by atoms with van der Waals surface area (Å²) in [4.78, 5) is 17.5. The van der Waals surface area contributed by atoms with Crippen molar-refractivity contribution in [3.8, 4) is 11.3 Å². The average molecular weight is 308 g/mol. The van der Waals surface area contributed by atoms with Gasteiger partial charge in [-0.25, -0.2) is 4.98 Å². The molecule has 0 amide bonds. The minimum absolute atomic E-state index is 0.00653. The summed E-state index contributed by atoms with van der Waals surface area (Å²) in [6, 6.07) is 17.8. The topological polar surface area (TPSA) is 54.6 Å². The largest absolute Gasteiger partial charge is 0.481 e. The van der Waals surface area contributed by atoms with Crippen LogP contribution in [0.25, 0.3) is 27.3 Å². The molecule has 0 aliphatic carbocycles. The van der Waals surface area contributed by atoms with E-state index in [2.05, 4.69) is 9.38 Å². The maximum atomic E-state index is 11.2. The van der Waals surface area contributed by atoms with E-state index in [1.807, 2.05) is 54.6 Å². The molecule has 0 radical (unpaired) electrons. The van der Waals surface area contributed by atoms with Crippen LogP contribution in [0.5, 0.6) is 0 Å². The number of carbonyl (C=O) groups is 1. The molecule has 0 saturated heterocycles. The lowest BCUT2D eigenvalue weighted by Gasteiger charge is -2.04. The number of rotatable bonds is 3. The molecular formula is C17H12N2O2S. The lowest BCUT2D eigenvalue weighted by Crippen LogP contribution is -2.00. The third-order valence-electron chi connectivity index (χ3n) is 3.59. The van der Waals surface area contributed by atoms with Gasteiger partial charge in [-0.15, -0.1) is 11.3 Å². The van der Waals surface area contributed by atoms with Crippen LogP contribution in [-0.2, 0) is 11.2 Å². The number of carboxylic acids is 1. The smallest absolute Gasteiger partial charge is 0.308 e. The van der Waals surface area contributed by atoms with Gasteiger partial charge >= 0.3 is 5.97 Å². The van der Waals surface area contributed by atoms with Gasteiger partial charge in [-0.2, -0.15) is 0 Å². The Morgan fingerprint density at radius 2 is 1.82 bits per heavy atom. The van der Waals surface area contributed by atoms with Crippen LogP contribution in [0.2, 0.25) is 0 Å². The van der Waals surface area contributed by atoms with E-state index in [4.69, 9.17) is 0 Å². The number of aromatic nitrogens is 2. The molecule has 5 heteroatoms. The Labute approximate surface area is 130 Å². The molecule has 0 spiro atoms. The van der Waals surface area contributed by atoms with Crippen LogP contribution < -0.4 is 0 Å². The molecule has 2 aromatic carbocycles. The third-order valence-corrected chi connectivity index (χ3v) is 4.63. The Balaban J connectivity index is 2.10. The first-order valence-corrected chi connectivity index (χ1v) is 7.72. The van der Waals surface area contributed by atoms with Crippen molar-refractivity contribution in [2.24, 2.45) is 0 Å². The highest BCUT2D eigenvalue weighted by molar-refractivity contribution is 7.17. The van der Waals surface area contributed by atoms with Gasteiger partial charge in [-0.3, -0.25) is 9.20 Å². The minimum Gasteiger partial charge on any atom is -0.481 e.